The number of aldehydes is 1. The Morgan fingerprint density at radius 3 is 2.25 bits per heavy atom. The van der Waals surface area contributed by atoms with Crippen LogP contribution in [0, 0.1) is 5.92 Å². The number of carbonyl (C=O) groups is 3. The second-order valence-electron chi connectivity index (χ2n) is 10.2. The lowest BCUT2D eigenvalue weighted by molar-refractivity contribution is -0.124. The Morgan fingerprint density at radius 2 is 1.81 bits per heavy atom. The Hall–Kier alpha value is -2.29. The van der Waals surface area contributed by atoms with Gasteiger partial charge < -0.3 is 26.9 Å². The van der Waals surface area contributed by atoms with Crippen molar-refractivity contribution in [3.8, 4) is 0 Å². The number of hydrogen-bond acceptors (Lipinski definition) is 6. The van der Waals surface area contributed by atoms with Crippen LogP contribution in [0.4, 0.5) is 0 Å². The van der Waals surface area contributed by atoms with E-state index < -0.39 is 0 Å². The SMILES string of the molecule is CC(C)C.CCC1CCCc2ccccc21.CN1CC(N)CC1C(N)=O.CNC(C)C(=O)NCC=O. The maximum Gasteiger partial charge on any atom is 0.237 e. The minimum Gasteiger partial charge on any atom is -0.368 e. The summed E-state index contributed by atoms with van der Waals surface area (Å²) in [5, 5.41) is 5.16. The largest absolute Gasteiger partial charge is 0.368 e. The van der Waals surface area contributed by atoms with Crippen molar-refractivity contribution in [3.05, 3.63) is 35.4 Å². The highest BCUT2D eigenvalue weighted by Crippen LogP contribution is 2.33. The van der Waals surface area contributed by atoms with Crippen molar-refractivity contribution in [2.45, 2.75) is 90.8 Å². The molecule has 1 fully saturated rings. The van der Waals surface area contributed by atoms with E-state index in [-0.39, 0.29) is 36.5 Å². The van der Waals surface area contributed by atoms with Crippen LogP contribution in [0.2, 0.25) is 0 Å². The number of nitrogens with one attached hydrogen (secondary N) is 2. The van der Waals surface area contributed by atoms with E-state index in [0.29, 0.717) is 12.7 Å². The standard InChI is InChI=1S/C12H16.C6H13N3O.C6H12N2O2.C4H10/c1-2-10-7-5-8-11-6-3-4-9-12(10)11;1-9-3-4(7)2-5(9)6(8)10;1-5(7-2)6(10)8-3-4-9;1-4(2)3/h3-4,6,9-10H,2,5,7-8H2,1H3;4-5H,2-3,7H2,1H3,(H2,8,10);4-5,7H,3H2,1-2H3,(H,8,10);4H,1-3H3. The van der Waals surface area contributed by atoms with Crippen LogP contribution in [0.25, 0.3) is 0 Å². The molecule has 0 aromatic heterocycles. The molecular formula is C28H51N5O3. The predicted molar refractivity (Wildman–Crippen MR) is 149 cm³/mol. The summed E-state index contributed by atoms with van der Waals surface area (Å²) in [5.41, 5.74) is 13.9. The smallest absolute Gasteiger partial charge is 0.237 e. The summed E-state index contributed by atoms with van der Waals surface area (Å²) in [6.45, 7) is 11.4. The molecule has 6 N–H and O–H groups in total. The average Bonchev–Trinajstić information content (AvgIpc) is 3.20. The molecule has 1 aromatic carbocycles. The minimum absolute atomic E-state index is 0.0881. The van der Waals surface area contributed by atoms with Gasteiger partial charge in [-0.2, -0.15) is 0 Å². The molecule has 0 radical (unpaired) electrons. The second kappa shape index (κ2) is 18.9. The number of likely N-dealkylation sites (N-methyl/N-ethyl adjacent to an activating group) is 2. The van der Waals surface area contributed by atoms with E-state index in [1.807, 2.05) is 11.9 Å². The molecule has 36 heavy (non-hydrogen) atoms. The summed E-state index contributed by atoms with van der Waals surface area (Å²) < 4.78 is 0. The van der Waals surface area contributed by atoms with Gasteiger partial charge in [0.2, 0.25) is 11.8 Å². The Morgan fingerprint density at radius 1 is 1.19 bits per heavy atom. The number of nitrogens with two attached hydrogens (primary N) is 2. The molecule has 8 heteroatoms. The molecule has 0 saturated carbocycles. The van der Waals surface area contributed by atoms with E-state index >= 15 is 0 Å². The average molecular weight is 506 g/mol. The van der Waals surface area contributed by atoms with E-state index in [2.05, 4.69) is 62.6 Å². The normalized spacial score (nSPS) is 21.3. The number of primary amides is 1. The summed E-state index contributed by atoms with van der Waals surface area (Å²) >= 11 is 0. The third-order valence-corrected chi connectivity index (χ3v) is 6.08. The molecule has 1 aliphatic heterocycles. The Labute approximate surface area is 218 Å². The second-order valence-corrected chi connectivity index (χ2v) is 10.2. The summed E-state index contributed by atoms with van der Waals surface area (Å²) in [6, 6.07) is 8.67. The highest BCUT2D eigenvalue weighted by molar-refractivity contribution is 5.82. The van der Waals surface area contributed by atoms with Crippen molar-refractivity contribution >= 4 is 18.1 Å². The Balaban J connectivity index is 0.000000478. The van der Waals surface area contributed by atoms with Crippen LogP contribution in [-0.2, 0) is 20.8 Å². The monoisotopic (exact) mass is 505 g/mol. The zero-order valence-electron chi connectivity index (χ0n) is 23.5. The molecule has 2 aliphatic rings. The molecule has 1 aromatic rings. The number of nitrogens with zero attached hydrogens (tertiary/aromatic N) is 1. The molecule has 1 aliphatic carbocycles. The number of fused-ring (bicyclic) bond motifs is 1. The lowest BCUT2D eigenvalue weighted by atomic mass is 9.81. The molecule has 206 valence electrons. The van der Waals surface area contributed by atoms with Crippen molar-refractivity contribution in [3.63, 3.8) is 0 Å². The molecule has 2 amide bonds. The molecule has 0 spiro atoms. The Kier molecular flexibility index (Phi) is 17.7. The van der Waals surface area contributed by atoms with Gasteiger partial charge >= 0.3 is 0 Å². The van der Waals surface area contributed by atoms with Crippen LogP contribution >= 0.6 is 0 Å². The van der Waals surface area contributed by atoms with Gasteiger partial charge in [-0.05, 0) is 76.1 Å². The van der Waals surface area contributed by atoms with E-state index in [9.17, 15) is 14.4 Å². The van der Waals surface area contributed by atoms with E-state index in [4.69, 9.17) is 11.5 Å². The number of carbonyl (C=O) groups excluding carboxylic acids is 3. The first-order chi connectivity index (χ1) is 17.0. The predicted octanol–water partition coefficient (Wildman–Crippen LogP) is 2.59. The van der Waals surface area contributed by atoms with Crippen molar-refractivity contribution in [2.24, 2.45) is 17.4 Å². The fourth-order valence-corrected chi connectivity index (χ4v) is 4.08. The third-order valence-electron chi connectivity index (χ3n) is 6.08. The van der Waals surface area contributed by atoms with Crippen LogP contribution in [0.5, 0.6) is 0 Å². The molecule has 0 bridgehead atoms. The number of likely N-dealkylation sites (tertiary alicyclic amines) is 1. The molecule has 8 nitrogen and oxygen atoms in total. The number of aryl methyl sites for hydroxylation is 1. The van der Waals surface area contributed by atoms with Gasteiger partial charge in [0.1, 0.15) is 6.29 Å². The lowest BCUT2D eigenvalue weighted by Gasteiger charge is -2.23. The van der Waals surface area contributed by atoms with Crippen molar-refractivity contribution < 1.29 is 14.4 Å². The van der Waals surface area contributed by atoms with Crippen molar-refractivity contribution in [1.82, 2.24) is 15.5 Å². The van der Waals surface area contributed by atoms with E-state index in [1.165, 1.54) is 25.7 Å². The molecule has 1 heterocycles. The van der Waals surface area contributed by atoms with Gasteiger partial charge in [0.15, 0.2) is 0 Å². The number of benzene rings is 1. The van der Waals surface area contributed by atoms with Crippen LogP contribution in [-0.4, -0.2) is 68.3 Å². The fraction of sp³-hybridized carbons (Fsp3) is 0.679. The van der Waals surface area contributed by atoms with E-state index in [1.54, 1.807) is 25.1 Å². The highest BCUT2D eigenvalue weighted by Gasteiger charge is 2.30. The maximum atomic E-state index is 10.8. The number of hydrogen-bond donors (Lipinski definition) is 4. The first kappa shape index (κ1) is 33.7. The van der Waals surface area contributed by atoms with Gasteiger partial charge in [-0.3, -0.25) is 14.5 Å². The fourth-order valence-electron chi connectivity index (χ4n) is 4.08. The van der Waals surface area contributed by atoms with Crippen LogP contribution in [0.3, 0.4) is 0 Å². The molecule has 1 saturated heterocycles. The van der Waals surface area contributed by atoms with Gasteiger partial charge in [0.05, 0.1) is 18.6 Å². The van der Waals surface area contributed by atoms with Crippen molar-refractivity contribution in [1.29, 1.82) is 0 Å². The summed E-state index contributed by atoms with van der Waals surface area (Å²) in [7, 11) is 3.55. The zero-order valence-corrected chi connectivity index (χ0v) is 23.5. The summed E-state index contributed by atoms with van der Waals surface area (Å²) in [6.07, 6.45) is 6.73. The molecule has 4 atom stereocenters. The lowest BCUT2D eigenvalue weighted by Crippen LogP contribution is -2.40. The van der Waals surface area contributed by atoms with Gasteiger partial charge in [-0.15, -0.1) is 0 Å². The minimum atomic E-state index is -0.268. The van der Waals surface area contributed by atoms with Gasteiger partial charge in [0, 0.05) is 12.6 Å². The summed E-state index contributed by atoms with van der Waals surface area (Å²) in [4.78, 5) is 33.2. The van der Waals surface area contributed by atoms with E-state index in [0.717, 1.165) is 18.4 Å². The number of amides is 2. The molecular weight excluding hydrogens is 454 g/mol. The van der Waals surface area contributed by atoms with Gasteiger partial charge in [0.25, 0.3) is 0 Å². The van der Waals surface area contributed by atoms with Gasteiger partial charge in [-0.25, -0.2) is 0 Å². The topological polar surface area (TPSA) is 131 Å². The van der Waals surface area contributed by atoms with Gasteiger partial charge in [-0.1, -0.05) is 52.0 Å². The quantitative estimate of drug-likeness (QED) is 0.440. The summed E-state index contributed by atoms with van der Waals surface area (Å²) in [5.74, 6) is 1.25. The van der Waals surface area contributed by atoms with Crippen LogP contribution in [0.1, 0.15) is 77.3 Å². The first-order valence-corrected chi connectivity index (χ1v) is 13.2. The van der Waals surface area contributed by atoms with Crippen LogP contribution in [0.15, 0.2) is 24.3 Å². The highest BCUT2D eigenvalue weighted by atomic mass is 16.2. The molecule has 3 rings (SSSR count). The third kappa shape index (κ3) is 13.7. The first-order valence-electron chi connectivity index (χ1n) is 13.2. The molecule has 4 unspecified atom stereocenters. The van der Waals surface area contributed by atoms with Crippen molar-refractivity contribution in [2.75, 3.05) is 27.2 Å². The Bertz CT molecular complexity index is 769. The van der Waals surface area contributed by atoms with Crippen LogP contribution < -0.4 is 22.1 Å². The maximum absolute atomic E-state index is 10.8. The zero-order chi connectivity index (χ0) is 27.7. The number of rotatable bonds is 6.